The van der Waals surface area contributed by atoms with Crippen molar-refractivity contribution in [2.45, 2.75) is 6.54 Å². The molecular formula is C19H18BrN3O2. The molecule has 25 heavy (non-hydrogen) atoms. The van der Waals surface area contributed by atoms with Gasteiger partial charge in [0.25, 0.3) is 5.91 Å². The summed E-state index contributed by atoms with van der Waals surface area (Å²) >= 11 is 3.52. The zero-order valence-corrected chi connectivity index (χ0v) is 15.6. The summed E-state index contributed by atoms with van der Waals surface area (Å²) in [5.41, 5.74) is 3.18. The number of aromatic amines is 1. The fraction of sp³-hybridized carbons (Fsp3) is 0.158. The molecule has 3 aromatic rings. The Labute approximate surface area is 154 Å². The molecule has 0 aliphatic rings. The number of H-pyrrole nitrogens is 1. The fourth-order valence-corrected chi connectivity index (χ4v) is 3.00. The quantitative estimate of drug-likeness (QED) is 0.701. The molecule has 2 aromatic carbocycles. The van der Waals surface area contributed by atoms with Crippen LogP contribution in [0.5, 0.6) is 5.75 Å². The minimum absolute atomic E-state index is 0.0877. The third-order valence-electron chi connectivity index (χ3n) is 3.96. The molecule has 1 aromatic heterocycles. The topological polar surface area (TPSA) is 58.2 Å². The summed E-state index contributed by atoms with van der Waals surface area (Å²) in [6.07, 6.45) is 1.57. The van der Waals surface area contributed by atoms with Crippen LogP contribution in [-0.2, 0) is 6.54 Å². The Kier molecular flexibility index (Phi) is 5.19. The Morgan fingerprint density at radius 1 is 1.20 bits per heavy atom. The molecule has 0 aliphatic heterocycles. The maximum atomic E-state index is 12.9. The van der Waals surface area contributed by atoms with E-state index < -0.39 is 0 Å². The van der Waals surface area contributed by atoms with Gasteiger partial charge in [-0.15, -0.1) is 0 Å². The number of hydrogen-bond acceptors (Lipinski definition) is 3. The van der Waals surface area contributed by atoms with Crippen molar-refractivity contribution in [3.05, 3.63) is 70.3 Å². The number of hydrogen-bond donors (Lipinski definition) is 1. The second-order valence-corrected chi connectivity index (χ2v) is 6.49. The molecule has 1 amide bonds. The first kappa shape index (κ1) is 17.2. The van der Waals surface area contributed by atoms with Crippen molar-refractivity contribution in [3.63, 3.8) is 0 Å². The maximum absolute atomic E-state index is 12.9. The van der Waals surface area contributed by atoms with Crippen molar-refractivity contribution in [1.82, 2.24) is 15.1 Å². The highest BCUT2D eigenvalue weighted by Gasteiger charge is 2.19. The third-order valence-corrected chi connectivity index (χ3v) is 4.73. The molecule has 0 radical (unpaired) electrons. The number of halogens is 1. The van der Waals surface area contributed by atoms with Gasteiger partial charge in [0.15, 0.2) is 0 Å². The van der Waals surface area contributed by atoms with E-state index >= 15 is 0 Å². The smallest absolute Gasteiger partial charge is 0.257 e. The number of rotatable bonds is 5. The van der Waals surface area contributed by atoms with E-state index in [4.69, 9.17) is 4.74 Å². The van der Waals surface area contributed by atoms with Crippen LogP contribution in [0.2, 0.25) is 0 Å². The predicted molar refractivity (Wildman–Crippen MR) is 101 cm³/mol. The second kappa shape index (κ2) is 7.53. The lowest BCUT2D eigenvalue weighted by atomic mass is 10.1. The molecule has 0 saturated carbocycles. The Hall–Kier alpha value is -2.60. The lowest BCUT2D eigenvalue weighted by Crippen LogP contribution is -2.26. The first-order valence-electron chi connectivity index (χ1n) is 7.77. The molecule has 5 nitrogen and oxygen atoms in total. The van der Waals surface area contributed by atoms with Crippen molar-refractivity contribution < 1.29 is 9.53 Å². The Balaban J connectivity index is 1.83. The van der Waals surface area contributed by atoms with Gasteiger partial charge in [0.2, 0.25) is 0 Å². The summed E-state index contributed by atoms with van der Waals surface area (Å²) in [6.45, 7) is 0.507. The highest BCUT2D eigenvalue weighted by atomic mass is 79.9. The molecule has 3 rings (SSSR count). The number of methoxy groups -OCH3 is 1. The van der Waals surface area contributed by atoms with Crippen molar-refractivity contribution >= 4 is 21.8 Å². The van der Waals surface area contributed by atoms with Crippen molar-refractivity contribution in [1.29, 1.82) is 0 Å². The zero-order chi connectivity index (χ0) is 17.8. The van der Waals surface area contributed by atoms with Gasteiger partial charge in [-0.1, -0.05) is 34.1 Å². The molecule has 0 saturated heterocycles. The molecule has 1 heterocycles. The molecule has 128 valence electrons. The van der Waals surface area contributed by atoms with E-state index in [0.717, 1.165) is 21.3 Å². The number of nitrogens with zero attached hydrogens (tertiary/aromatic N) is 2. The number of benzene rings is 2. The first-order valence-corrected chi connectivity index (χ1v) is 8.56. The van der Waals surface area contributed by atoms with E-state index in [2.05, 4.69) is 26.1 Å². The van der Waals surface area contributed by atoms with E-state index in [1.54, 1.807) is 25.3 Å². The molecule has 0 aliphatic carbocycles. The molecule has 0 fully saturated rings. The molecule has 0 atom stereocenters. The number of carbonyl (C=O) groups excluding carboxylic acids is 1. The second-order valence-electron chi connectivity index (χ2n) is 5.64. The van der Waals surface area contributed by atoms with E-state index in [0.29, 0.717) is 17.8 Å². The highest BCUT2D eigenvalue weighted by molar-refractivity contribution is 9.10. The van der Waals surface area contributed by atoms with Gasteiger partial charge in [-0.25, -0.2) is 0 Å². The molecular weight excluding hydrogens is 382 g/mol. The number of carbonyl (C=O) groups is 1. The minimum Gasteiger partial charge on any atom is -0.497 e. The van der Waals surface area contributed by atoms with Crippen LogP contribution in [0.25, 0.3) is 11.3 Å². The minimum atomic E-state index is -0.0877. The van der Waals surface area contributed by atoms with Gasteiger partial charge in [-0.3, -0.25) is 9.89 Å². The largest absolute Gasteiger partial charge is 0.497 e. The van der Waals surface area contributed by atoms with Gasteiger partial charge in [-0.05, 0) is 35.9 Å². The Bertz CT molecular complexity index is 874. The van der Waals surface area contributed by atoms with Gasteiger partial charge < -0.3 is 9.64 Å². The molecule has 0 bridgehead atoms. The summed E-state index contributed by atoms with van der Waals surface area (Å²) in [5, 5.41) is 6.98. The summed E-state index contributed by atoms with van der Waals surface area (Å²) in [5.74, 6) is 0.678. The maximum Gasteiger partial charge on any atom is 0.257 e. The van der Waals surface area contributed by atoms with Crippen molar-refractivity contribution in [2.75, 3.05) is 14.2 Å². The third kappa shape index (κ3) is 3.74. The highest BCUT2D eigenvalue weighted by Crippen LogP contribution is 2.25. The van der Waals surface area contributed by atoms with E-state index in [1.807, 2.05) is 48.5 Å². The number of nitrogens with one attached hydrogen (secondary N) is 1. The summed E-state index contributed by atoms with van der Waals surface area (Å²) in [7, 11) is 3.41. The van der Waals surface area contributed by atoms with Crippen LogP contribution in [0.15, 0.2) is 59.2 Å². The van der Waals surface area contributed by atoms with Crippen molar-refractivity contribution in [3.8, 4) is 17.0 Å². The fourth-order valence-electron chi connectivity index (χ4n) is 2.59. The summed E-state index contributed by atoms with van der Waals surface area (Å²) in [6, 6.07) is 15.4. The lowest BCUT2D eigenvalue weighted by molar-refractivity contribution is 0.0785. The summed E-state index contributed by atoms with van der Waals surface area (Å²) in [4.78, 5) is 14.5. The van der Waals surface area contributed by atoms with Gasteiger partial charge in [0.1, 0.15) is 5.75 Å². The van der Waals surface area contributed by atoms with Crippen LogP contribution in [-0.4, -0.2) is 35.2 Å². The number of amides is 1. The van der Waals surface area contributed by atoms with Crippen LogP contribution in [0.4, 0.5) is 0 Å². The van der Waals surface area contributed by atoms with Gasteiger partial charge in [0, 0.05) is 23.6 Å². The van der Waals surface area contributed by atoms with Crippen LogP contribution in [0.3, 0.4) is 0 Å². The molecule has 0 spiro atoms. The SMILES string of the molecule is COc1ccc(-c2[nH]ncc2C(=O)N(C)Cc2ccccc2Br)cc1. The van der Waals surface area contributed by atoms with Crippen LogP contribution >= 0.6 is 15.9 Å². The first-order chi connectivity index (χ1) is 12.1. The number of ether oxygens (including phenoxy) is 1. The lowest BCUT2D eigenvalue weighted by Gasteiger charge is -2.18. The average molecular weight is 400 g/mol. The van der Waals surface area contributed by atoms with E-state index in [-0.39, 0.29) is 5.91 Å². The standard InChI is InChI=1S/C19H18BrN3O2/c1-23(12-14-5-3-4-6-17(14)20)19(24)16-11-21-22-18(16)13-7-9-15(25-2)10-8-13/h3-11H,12H2,1-2H3,(H,21,22). The molecule has 1 N–H and O–H groups in total. The van der Waals surface area contributed by atoms with Crippen LogP contribution in [0, 0.1) is 0 Å². The molecule has 0 unspecified atom stereocenters. The molecule has 6 heteroatoms. The normalized spacial score (nSPS) is 10.5. The van der Waals surface area contributed by atoms with Gasteiger partial charge in [-0.2, -0.15) is 5.10 Å². The Morgan fingerprint density at radius 2 is 1.92 bits per heavy atom. The van der Waals surface area contributed by atoms with Crippen LogP contribution < -0.4 is 4.74 Å². The van der Waals surface area contributed by atoms with E-state index in [1.165, 1.54) is 0 Å². The summed E-state index contributed by atoms with van der Waals surface area (Å²) < 4.78 is 6.16. The zero-order valence-electron chi connectivity index (χ0n) is 14.0. The van der Waals surface area contributed by atoms with Crippen LogP contribution in [0.1, 0.15) is 15.9 Å². The monoisotopic (exact) mass is 399 g/mol. The number of aromatic nitrogens is 2. The Morgan fingerprint density at radius 3 is 2.60 bits per heavy atom. The van der Waals surface area contributed by atoms with E-state index in [9.17, 15) is 4.79 Å². The van der Waals surface area contributed by atoms with Crippen molar-refractivity contribution in [2.24, 2.45) is 0 Å². The average Bonchev–Trinajstić information content (AvgIpc) is 3.12. The van der Waals surface area contributed by atoms with Gasteiger partial charge >= 0.3 is 0 Å². The predicted octanol–water partition coefficient (Wildman–Crippen LogP) is 4.12. The van der Waals surface area contributed by atoms with Gasteiger partial charge in [0.05, 0.1) is 24.6 Å².